The van der Waals surface area contributed by atoms with Crippen molar-refractivity contribution in [3.63, 3.8) is 0 Å². The molecule has 2 amide bonds. The van der Waals surface area contributed by atoms with E-state index in [9.17, 15) is 18.0 Å². The van der Waals surface area contributed by atoms with Gasteiger partial charge in [0.25, 0.3) is 0 Å². The Labute approximate surface area is 187 Å². The monoisotopic (exact) mass is 461 g/mol. The molecule has 3 aromatic rings. The minimum atomic E-state index is -4.37. The van der Waals surface area contributed by atoms with E-state index in [1.165, 1.54) is 29.2 Å². The van der Waals surface area contributed by atoms with Gasteiger partial charge in [-0.1, -0.05) is 30.4 Å². The van der Waals surface area contributed by atoms with Gasteiger partial charge < -0.3 is 4.90 Å². The number of thioether (sulfide) groups is 1. The predicted molar refractivity (Wildman–Crippen MR) is 120 cm³/mol. The maximum atomic E-state index is 13.3. The molecule has 1 saturated heterocycles. The molecule has 0 saturated carbocycles. The Morgan fingerprint density at radius 3 is 2.42 bits per heavy atom. The lowest BCUT2D eigenvalue weighted by atomic mass is 10.0. The van der Waals surface area contributed by atoms with Crippen molar-refractivity contribution in [3.05, 3.63) is 66.4 Å². The molecule has 1 fully saturated rings. The SMILES string of the molecule is CC1(C)C(=S)N(c2ccc(SC(F)(F)F)cc2)C(=O)N1Cc1ccnc2ccccc12. The molecule has 0 spiro atoms. The quantitative estimate of drug-likeness (QED) is 0.333. The zero-order valence-electron chi connectivity index (χ0n) is 16.7. The smallest absolute Gasteiger partial charge is 0.308 e. The lowest BCUT2D eigenvalue weighted by Crippen LogP contribution is -2.43. The number of para-hydroxylation sites is 1. The van der Waals surface area contributed by atoms with E-state index in [1.54, 1.807) is 11.1 Å². The number of amides is 2. The van der Waals surface area contributed by atoms with Crippen LogP contribution in [0.4, 0.5) is 23.7 Å². The van der Waals surface area contributed by atoms with Crippen molar-refractivity contribution in [1.82, 2.24) is 9.88 Å². The third-order valence-corrected chi connectivity index (χ3v) is 6.64. The van der Waals surface area contributed by atoms with Gasteiger partial charge in [-0.15, -0.1) is 0 Å². The van der Waals surface area contributed by atoms with Gasteiger partial charge >= 0.3 is 11.5 Å². The number of benzene rings is 2. The van der Waals surface area contributed by atoms with E-state index < -0.39 is 11.0 Å². The zero-order valence-corrected chi connectivity index (χ0v) is 18.3. The number of alkyl halides is 3. The van der Waals surface area contributed by atoms with E-state index in [0.717, 1.165) is 16.5 Å². The van der Waals surface area contributed by atoms with Crippen molar-refractivity contribution in [1.29, 1.82) is 0 Å². The first-order valence-corrected chi connectivity index (χ1v) is 10.6. The van der Waals surface area contributed by atoms with Crippen LogP contribution in [0.15, 0.2) is 65.7 Å². The van der Waals surface area contributed by atoms with Gasteiger partial charge in [0.05, 0.1) is 16.7 Å². The molecule has 31 heavy (non-hydrogen) atoms. The molecule has 0 N–H and O–H groups in total. The number of carbonyl (C=O) groups excluding carboxylic acids is 1. The Balaban J connectivity index is 1.64. The van der Waals surface area contributed by atoms with Crippen LogP contribution in [0.2, 0.25) is 0 Å². The summed E-state index contributed by atoms with van der Waals surface area (Å²) < 4.78 is 37.8. The number of urea groups is 1. The highest BCUT2D eigenvalue weighted by Crippen LogP contribution is 2.39. The van der Waals surface area contributed by atoms with Crippen molar-refractivity contribution >= 4 is 51.6 Å². The van der Waals surface area contributed by atoms with E-state index in [1.807, 2.05) is 44.2 Å². The molecular weight excluding hydrogens is 443 g/mol. The molecule has 2 heterocycles. The lowest BCUT2D eigenvalue weighted by molar-refractivity contribution is -0.0328. The topological polar surface area (TPSA) is 36.4 Å². The normalized spacial score (nSPS) is 16.4. The predicted octanol–water partition coefficient (Wildman–Crippen LogP) is 6.39. The number of aromatic nitrogens is 1. The summed E-state index contributed by atoms with van der Waals surface area (Å²) >= 11 is 5.42. The summed E-state index contributed by atoms with van der Waals surface area (Å²) in [6.45, 7) is 4.06. The fourth-order valence-corrected chi connectivity index (χ4v) is 4.42. The maximum absolute atomic E-state index is 13.3. The van der Waals surface area contributed by atoms with E-state index in [2.05, 4.69) is 4.98 Å². The summed E-state index contributed by atoms with van der Waals surface area (Å²) in [5, 5.41) is 0.950. The molecular formula is C22H18F3N3OS2. The molecule has 4 rings (SSSR count). The highest BCUT2D eigenvalue weighted by molar-refractivity contribution is 8.00. The molecule has 1 aliphatic rings. The van der Waals surface area contributed by atoms with Crippen LogP contribution in [-0.4, -0.2) is 32.0 Å². The molecule has 160 valence electrons. The summed E-state index contributed by atoms with van der Waals surface area (Å²) in [4.78, 5) is 21.2. The molecule has 2 aromatic carbocycles. The van der Waals surface area contributed by atoms with Gasteiger partial charge in [0.2, 0.25) is 0 Å². The van der Waals surface area contributed by atoms with Crippen LogP contribution < -0.4 is 4.90 Å². The number of thiocarbonyl (C=S) groups is 1. The Bertz CT molecular complexity index is 1160. The van der Waals surface area contributed by atoms with E-state index in [0.29, 0.717) is 17.2 Å². The highest BCUT2D eigenvalue weighted by atomic mass is 32.2. The number of pyridine rings is 1. The van der Waals surface area contributed by atoms with E-state index in [4.69, 9.17) is 12.2 Å². The first-order valence-electron chi connectivity index (χ1n) is 9.42. The number of carbonyl (C=O) groups is 1. The number of fused-ring (bicyclic) bond motifs is 1. The largest absolute Gasteiger partial charge is 0.446 e. The van der Waals surface area contributed by atoms with Crippen molar-refractivity contribution in [2.24, 2.45) is 0 Å². The second-order valence-corrected chi connectivity index (χ2v) is 9.12. The first-order chi connectivity index (χ1) is 14.6. The minimum Gasteiger partial charge on any atom is -0.308 e. The van der Waals surface area contributed by atoms with Crippen LogP contribution >= 0.6 is 24.0 Å². The number of nitrogens with zero attached hydrogens (tertiary/aromatic N) is 3. The van der Waals surface area contributed by atoms with Crippen LogP contribution in [0.3, 0.4) is 0 Å². The van der Waals surface area contributed by atoms with Crippen LogP contribution in [0.25, 0.3) is 10.9 Å². The first kappa shape index (κ1) is 21.6. The molecule has 1 aliphatic heterocycles. The van der Waals surface area contributed by atoms with Gasteiger partial charge in [-0.25, -0.2) is 4.79 Å². The van der Waals surface area contributed by atoms with Gasteiger partial charge in [0.1, 0.15) is 4.99 Å². The number of hydrogen-bond acceptors (Lipinski definition) is 4. The van der Waals surface area contributed by atoms with Gasteiger partial charge in [0.15, 0.2) is 0 Å². The second kappa shape index (κ2) is 7.80. The van der Waals surface area contributed by atoms with Crippen LogP contribution in [0, 0.1) is 0 Å². The fraction of sp³-hybridized carbons (Fsp3) is 0.227. The van der Waals surface area contributed by atoms with Crippen molar-refractivity contribution in [2.45, 2.75) is 36.3 Å². The standard InChI is InChI=1S/C22H18F3N3OS2/c1-21(2)19(30)28(15-7-9-16(10-8-15)31-22(23,24)25)20(29)27(21)13-14-11-12-26-18-6-4-3-5-17(14)18/h3-12H,13H2,1-2H3. The van der Waals surface area contributed by atoms with Gasteiger partial charge in [-0.05, 0) is 67.6 Å². The highest BCUT2D eigenvalue weighted by Gasteiger charge is 2.48. The third-order valence-electron chi connectivity index (χ3n) is 5.22. The number of halogens is 3. The van der Waals surface area contributed by atoms with Crippen molar-refractivity contribution in [2.75, 3.05) is 4.90 Å². The zero-order chi connectivity index (χ0) is 22.4. The van der Waals surface area contributed by atoms with Crippen molar-refractivity contribution < 1.29 is 18.0 Å². The average Bonchev–Trinajstić information content (AvgIpc) is 2.87. The molecule has 0 atom stereocenters. The second-order valence-electron chi connectivity index (χ2n) is 7.60. The summed E-state index contributed by atoms with van der Waals surface area (Å²) in [5.41, 5.74) is -2.91. The van der Waals surface area contributed by atoms with Gasteiger partial charge in [-0.2, -0.15) is 13.2 Å². The fourth-order valence-electron chi connectivity index (χ4n) is 3.59. The maximum Gasteiger partial charge on any atom is 0.446 e. The summed E-state index contributed by atoms with van der Waals surface area (Å²) in [6.07, 6.45) is 1.71. The number of rotatable bonds is 4. The lowest BCUT2D eigenvalue weighted by Gasteiger charge is -2.29. The molecule has 0 unspecified atom stereocenters. The average molecular weight is 462 g/mol. The molecule has 0 bridgehead atoms. The minimum absolute atomic E-state index is 0.0492. The molecule has 0 radical (unpaired) electrons. The molecule has 0 aliphatic carbocycles. The van der Waals surface area contributed by atoms with Crippen LogP contribution in [0.1, 0.15) is 19.4 Å². The van der Waals surface area contributed by atoms with Crippen LogP contribution in [0.5, 0.6) is 0 Å². The molecule has 9 heteroatoms. The van der Waals surface area contributed by atoms with Crippen LogP contribution in [-0.2, 0) is 6.54 Å². The van der Waals surface area contributed by atoms with Gasteiger partial charge in [0, 0.05) is 23.0 Å². The Morgan fingerprint density at radius 2 is 1.74 bits per heavy atom. The Morgan fingerprint density at radius 1 is 1.06 bits per heavy atom. The summed E-state index contributed by atoms with van der Waals surface area (Å²) in [5.74, 6) is 0. The summed E-state index contributed by atoms with van der Waals surface area (Å²) in [6, 6.07) is 14.9. The third kappa shape index (κ3) is 4.12. The number of hydrogen-bond donors (Lipinski definition) is 0. The Kier molecular flexibility index (Phi) is 5.43. The number of anilines is 1. The van der Waals surface area contributed by atoms with Gasteiger partial charge in [-0.3, -0.25) is 9.88 Å². The summed E-state index contributed by atoms with van der Waals surface area (Å²) in [7, 11) is 0. The molecule has 1 aromatic heterocycles. The van der Waals surface area contributed by atoms with Crippen molar-refractivity contribution in [3.8, 4) is 0 Å². The Hall–Kier alpha value is -2.65. The van der Waals surface area contributed by atoms with E-state index in [-0.39, 0.29) is 22.7 Å². The molecule has 4 nitrogen and oxygen atoms in total. The van der Waals surface area contributed by atoms with E-state index >= 15 is 0 Å².